The number of hydrogen-bond acceptors (Lipinski definition) is 4. The first-order chi connectivity index (χ1) is 14.3. The van der Waals surface area contributed by atoms with Gasteiger partial charge in [-0.1, -0.05) is 18.2 Å². The second-order valence-electron chi connectivity index (χ2n) is 7.21. The van der Waals surface area contributed by atoms with E-state index < -0.39 is 26.8 Å². The van der Waals surface area contributed by atoms with Gasteiger partial charge in [0.2, 0.25) is 5.91 Å². The Hall–Kier alpha value is -2.94. The molecule has 0 aliphatic carbocycles. The minimum absolute atomic E-state index is 0.0982. The molecule has 0 bridgehead atoms. The van der Waals surface area contributed by atoms with Gasteiger partial charge >= 0.3 is 6.03 Å². The zero-order valence-electron chi connectivity index (χ0n) is 16.5. The number of para-hydroxylation sites is 1. The second-order valence-corrected chi connectivity index (χ2v) is 9.48. The first kappa shape index (κ1) is 21.8. The summed E-state index contributed by atoms with van der Waals surface area (Å²) in [6.45, 7) is 2.21. The van der Waals surface area contributed by atoms with Crippen LogP contribution in [0, 0.1) is 5.82 Å². The lowest BCUT2D eigenvalue weighted by Crippen LogP contribution is -2.50. The van der Waals surface area contributed by atoms with E-state index in [2.05, 4.69) is 10.6 Å². The monoisotopic (exact) mass is 433 g/mol. The lowest BCUT2D eigenvalue weighted by Gasteiger charge is -2.32. The molecule has 0 saturated carbocycles. The van der Waals surface area contributed by atoms with Crippen LogP contribution in [-0.2, 0) is 14.6 Å². The largest absolute Gasteiger partial charge is 0.352 e. The van der Waals surface area contributed by atoms with Crippen molar-refractivity contribution in [3.05, 3.63) is 60.4 Å². The third kappa shape index (κ3) is 5.15. The van der Waals surface area contributed by atoms with E-state index in [1.165, 1.54) is 6.92 Å². The summed E-state index contributed by atoms with van der Waals surface area (Å²) in [7, 11) is -3.92. The van der Waals surface area contributed by atoms with Gasteiger partial charge in [-0.05, 0) is 56.2 Å². The molecule has 2 aromatic rings. The summed E-state index contributed by atoms with van der Waals surface area (Å²) in [4.78, 5) is 26.4. The zero-order valence-corrected chi connectivity index (χ0v) is 17.4. The predicted molar refractivity (Wildman–Crippen MR) is 111 cm³/mol. The van der Waals surface area contributed by atoms with Crippen molar-refractivity contribution in [2.75, 3.05) is 18.4 Å². The first-order valence-corrected chi connectivity index (χ1v) is 11.2. The Bertz CT molecular complexity index is 989. The molecule has 30 heavy (non-hydrogen) atoms. The Morgan fingerprint density at radius 1 is 1.03 bits per heavy atom. The Morgan fingerprint density at radius 3 is 2.23 bits per heavy atom. The van der Waals surface area contributed by atoms with E-state index >= 15 is 0 Å². The molecule has 0 spiro atoms. The fourth-order valence-electron chi connectivity index (χ4n) is 3.24. The molecule has 1 aliphatic rings. The van der Waals surface area contributed by atoms with Crippen LogP contribution in [0.5, 0.6) is 0 Å². The number of urea groups is 1. The topological polar surface area (TPSA) is 95.6 Å². The fraction of sp³-hybridized carbons (Fsp3) is 0.333. The van der Waals surface area contributed by atoms with Crippen molar-refractivity contribution in [1.29, 1.82) is 0 Å². The summed E-state index contributed by atoms with van der Waals surface area (Å²) < 4.78 is 38.2. The number of amides is 3. The van der Waals surface area contributed by atoms with Crippen LogP contribution in [0.1, 0.15) is 19.8 Å². The molecular weight excluding hydrogens is 409 g/mol. The molecule has 1 atom stereocenters. The Balaban J connectivity index is 1.52. The maximum Gasteiger partial charge on any atom is 0.321 e. The maximum absolute atomic E-state index is 13.0. The van der Waals surface area contributed by atoms with E-state index in [1.807, 2.05) is 18.2 Å². The molecule has 1 fully saturated rings. The normalized spacial score (nSPS) is 16.0. The fourth-order valence-corrected chi connectivity index (χ4v) is 4.51. The van der Waals surface area contributed by atoms with Crippen LogP contribution in [0.25, 0.3) is 0 Å². The lowest BCUT2D eigenvalue weighted by atomic mass is 10.1. The van der Waals surface area contributed by atoms with Gasteiger partial charge in [-0.15, -0.1) is 0 Å². The van der Waals surface area contributed by atoms with Gasteiger partial charge in [0.05, 0.1) is 4.90 Å². The average molecular weight is 434 g/mol. The van der Waals surface area contributed by atoms with Crippen LogP contribution in [0.4, 0.5) is 14.9 Å². The summed E-state index contributed by atoms with van der Waals surface area (Å²) >= 11 is 0. The number of halogens is 1. The highest BCUT2D eigenvalue weighted by Gasteiger charge is 2.32. The number of carbonyl (C=O) groups is 2. The van der Waals surface area contributed by atoms with E-state index in [9.17, 15) is 22.4 Å². The molecule has 9 heteroatoms. The minimum atomic E-state index is -3.92. The third-order valence-corrected chi connectivity index (χ3v) is 7.20. The lowest BCUT2D eigenvalue weighted by molar-refractivity contribution is -0.121. The number of nitrogens with zero attached hydrogens (tertiary/aromatic N) is 1. The molecule has 3 rings (SSSR count). The molecule has 2 N–H and O–H groups in total. The van der Waals surface area contributed by atoms with Crippen molar-refractivity contribution >= 4 is 27.5 Å². The van der Waals surface area contributed by atoms with Crippen molar-refractivity contribution in [1.82, 2.24) is 10.2 Å². The van der Waals surface area contributed by atoms with Crippen LogP contribution >= 0.6 is 0 Å². The van der Waals surface area contributed by atoms with Crippen molar-refractivity contribution in [3.63, 3.8) is 0 Å². The molecule has 1 unspecified atom stereocenters. The first-order valence-electron chi connectivity index (χ1n) is 9.68. The molecule has 7 nitrogen and oxygen atoms in total. The number of rotatable bonds is 5. The van der Waals surface area contributed by atoms with Crippen molar-refractivity contribution in [2.24, 2.45) is 0 Å². The van der Waals surface area contributed by atoms with Crippen molar-refractivity contribution in [2.45, 2.75) is 36.0 Å². The van der Waals surface area contributed by atoms with Crippen molar-refractivity contribution < 1.29 is 22.4 Å². The number of piperidine rings is 1. The summed E-state index contributed by atoms with van der Waals surface area (Å²) in [5.41, 5.74) is 0.706. The molecular formula is C21H24FN3O4S. The molecule has 160 valence electrons. The SMILES string of the molecule is CC(C(=O)NC1CCN(C(=O)Nc2ccccc2)CC1)S(=O)(=O)c1ccc(F)cc1. The summed E-state index contributed by atoms with van der Waals surface area (Å²) in [6.07, 6.45) is 1.05. The minimum Gasteiger partial charge on any atom is -0.352 e. The van der Waals surface area contributed by atoms with Gasteiger partial charge in [-0.25, -0.2) is 17.6 Å². The Kier molecular flexibility index (Phi) is 6.71. The molecule has 1 heterocycles. The molecule has 1 aliphatic heterocycles. The van der Waals surface area contributed by atoms with Gasteiger partial charge in [-0.3, -0.25) is 4.79 Å². The number of benzene rings is 2. The van der Waals surface area contributed by atoms with E-state index in [4.69, 9.17) is 0 Å². The maximum atomic E-state index is 13.0. The number of nitrogens with one attached hydrogen (secondary N) is 2. The van der Waals surface area contributed by atoms with Gasteiger partial charge in [0.15, 0.2) is 9.84 Å². The van der Waals surface area contributed by atoms with Gasteiger partial charge in [-0.2, -0.15) is 0 Å². The van der Waals surface area contributed by atoms with E-state index in [0.717, 1.165) is 24.3 Å². The van der Waals surface area contributed by atoms with Crippen LogP contribution in [-0.4, -0.2) is 49.6 Å². The molecule has 1 saturated heterocycles. The second kappa shape index (κ2) is 9.25. The summed E-state index contributed by atoms with van der Waals surface area (Å²) in [6, 6.07) is 13.1. The van der Waals surface area contributed by atoms with Crippen LogP contribution in [0.3, 0.4) is 0 Å². The van der Waals surface area contributed by atoms with E-state index in [1.54, 1.807) is 17.0 Å². The predicted octanol–water partition coefficient (Wildman–Crippen LogP) is 2.80. The van der Waals surface area contributed by atoms with E-state index in [0.29, 0.717) is 31.6 Å². The van der Waals surface area contributed by atoms with Gasteiger partial charge in [0, 0.05) is 24.8 Å². The molecule has 0 radical (unpaired) electrons. The van der Waals surface area contributed by atoms with Crippen LogP contribution < -0.4 is 10.6 Å². The van der Waals surface area contributed by atoms with Gasteiger partial charge in [0.25, 0.3) is 0 Å². The highest BCUT2D eigenvalue weighted by molar-refractivity contribution is 7.92. The average Bonchev–Trinajstić information content (AvgIpc) is 2.74. The highest BCUT2D eigenvalue weighted by Crippen LogP contribution is 2.18. The molecule has 3 amide bonds. The number of carbonyl (C=O) groups excluding carboxylic acids is 2. The quantitative estimate of drug-likeness (QED) is 0.709. The highest BCUT2D eigenvalue weighted by atomic mass is 32.2. The Labute approximate surface area is 175 Å². The van der Waals surface area contributed by atoms with Crippen LogP contribution in [0.2, 0.25) is 0 Å². The third-order valence-electron chi connectivity index (χ3n) is 5.13. The Morgan fingerprint density at radius 2 is 1.63 bits per heavy atom. The van der Waals surface area contributed by atoms with Gasteiger partial charge < -0.3 is 15.5 Å². The van der Waals surface area contributed by atoms with Gasteiger partial charge in [0.1, 0.15) is 11.1 Å². The number of sulfone groups is 1. The number of anilines is 1. The molecule has 2 aromatic carbocycles. The number of likely N-dealkylation sites (tertiary alicyclic amines) is 1. The summed E-state index contributed by atoms with van der Waals surface area (Å²) in [5.74, 6) is -1.15. The summed E-state index contributed by atoms with van der Waals surface area (Å²) in [5, 5.41) is 4.28. The number of hydrogen-bond donors (Lipinski definition) is 2. The van der Waals surface area contributed by atoms with Crippen LogP contribution in [0.15, 0.2) is 59.5 Å². The van der Waals surface area contributed by atoms with E-state index in [-0.39, 0.29) is 17.0 Å². The standard InChI is InChI=1S/C21H24FN3O4S/c1-15(30(28,29)19-9-7-16(22)8-10-19)20(26)23-18-11-13-25(14-12-18)21(27)24-17-5-3-2-4-6-17/h2-10,15,18H,11-14H2,1H3,(H,23,26)(H,24,27). The van der Waals surface area contributed by atoms with Crippen molar-refractivity contribution in [3.8, 4) is 0 Å². The zero-order chi connectivity index (χ0) is 21.7. The smallest absolute Gasteiger partial charge is 0.321 e. The molecule has 0 aromatic heterocycles.